The number of benzene rings is 1. The maximum Gasteiger partial charge on any atom is 0.142 e. The molecule has 0 heterocycles. The standard InChI is InChI=1S/C10H15NO2/c1-4-7-5-10(13-3)8(11)6-9(7)12-2/h5-6H,4,11H2,1-3H3. The van der Waals surface area contributed by atoms with Crippen molar-refractivity contribution in [3.63, 3.8) is 0 Å². The molecule has 0 radical (unpaired) electrons. The zero-order chi connectivity index (χ0) is 9.84. The topological polar surface area (TPSA) is 44.5 Å². The summed E-state index contributed by atoms with van der Waals surface area (Å²) in [7, 11) is 3.25. The van der Waals surface area contributed by atoms with E-state index in [2.05, 4.69) is 6.92 Å². The van der Waals surface area contributed by atoms with Crippen LogP contribution in [0.5, 0.6) is 11.5 Å². The van der Waals surface area contributed by atoms with Gasteiger partial charge >= 0.3 is 0 Å². The summed E-state index contributed by atoms with van der Waals surface area (Å²) in [6.45, 7) is 2.06. The molecular weight excluding hydrogens is 166 g/mol. The summed E-state index contributed by atoms with van der Waals surface area (Å²) in [4.78, 5) is 0. The number of hydrogen-bond acceptors (Lipinski definition) is 3. The lowest BCUT2D eigenvalue weighted by molar-refractivity contribution is 0.401. The van der Waals surface area contributed by atoms with Crippen molar-refractivity contribution in [2.45, 2.75) is 13.3 Å². The quantitative estimate of drug-likeness (QED) is 0.724. The summed E-state index contributed by atoms with van der Waals surface area (Å²) in [5.41, 5.74) is 7.44. The molecule has 0 aliphatic carbocycles. The summed E-state index contributed by atoms with van der Waals surface area (Å²) in [5.74, 6) is 1.53. The van der Waals surface area contributed by atoms with Gasteiger partial charge in [0.25, 0.3) is 0 Å². The van der Waals surface area contributed by atoms with E-state index < -0.39 is 0 Å². The molecule has 2 N–H and O–H groups in total. The van der Waals surface area contributed by atoms with E-state index in [4.69, 9.17) is 15.2 Å². The highest BCUT2D eigenvalue weighted by molar-refractivity contribution is 5.59. The van der Waals surface area contributed by atoms with Gasteiger partial charge in [0.05, 0.1) is 19.9 Å². The molecule has 0 aromatic heterocycles. The molecule has 0 aliphatic rings. The number of methoxy groups -OCH3 is 2. The van der Waals surface area contributed by atoms with Crippen LogP contribution in [0, 0.1) is 0 Å². The van der Waals surface area contributed by atoms with Crippen LogP contribution in [0.3, 0.4) is 0 Å². The zero-order valence-corrected chi connectivity index (χ0v) is 8.26. The first-order valence-electron chi connectivity index (χ1n) is 4.23. The molecule has 0 atom stereocenters. The van der Waals surface area contributed by atoms with Crippen LogP contribution in [0.15, 0.2) is 12.1 Å². The number of aryl methyl sites for hydroxylation is 1. The average Bonchev–Trinajstić information content (AvgIpc) is 2.17. The van der Waals surface area contributed by atoms with Gasteiger partial charge in [-0.15, -0.1) is 0 Å². The van der Waals surface area contributed by atoms with Gasteiger partial charge < -0.3 is 15.2 Å². The van der Waals surface area contributed by atoms with Crippen molar-refractivity contribution in [1.29, 1.82) is 0 Å². The molecule has 1 rings (SSSR count). The molecule has 13 heavy (non-hydrogen) atoms. The Balaban J connectivity index is 3.18. The Morgan fingerprint density at radius 1 is 1.15 bits per heavy atom. The summed E-state index contributed by atoms with van der Waals surface area (Å²) in [6.07, 6.45) is 0.903. The molecule has 0 unspecified atom stereocenters. The zero-order valence-electron chi connectivity index (χ0n) is 8.26. The summed E-state index contributed by atoms with van der Waals surface area (Å²) < 4.78 is 10.3. The third-order valence-electron chi connectivity index (χ3n) is 2.01. The SMILES string of the molecule is CCc1cc(OC)c(N)cc1OC. The molecule has 1 aromatic carbocycles. The maximum atomic E-state index is 5.73. The summed E-state index contributed by atoms with van der Waals surface area (Å²) >= 11 is 0. The number of nitrogen functional groups attached to an aromatic ring is 1. The Hall–Kier alpha value is -1.38. The summed E-state index contributed by atoms with van der Waals surface area (Å²) in [6, 6.07) is 3.70. The second kappa shape index (κ2) is 4.03. The smallest absolute Gasteiger partial charge is 0.142 e. The van der Waals surface area contributed by atoms with Crippen molar-refractivity contribution in [3.05, 3.63) is 17.7 Å². The van der Waals surface area contributed by atoms with Gasteiger partial charge in [-0.2, -0.15) is 0 Å². The molecule has 72 valence electrons. The molecule has 3 nitrogen and oxygen atoms in total. The number of nitrogens with two attached hydrogens (primary N) is 1. The number of anilines is 1. The first-order valence-corrected chi connectivity index (χ1v) is 4.23. The largest absolute Gasteiger partial charge is 0.496 e. The Kier molecular flexibility index (Phi) is 3.01. The van der Waals surface area contributed by atoms with E-state index >= 15 is 0 Å². The highest BCUT2D eigenvalue weighted by atomic mass is 16.5. The number of ether oxygens (including phenoxy) is 2. The summed E-state index contributed by atoms with van der Waals surface area (Å²) in [5, 5.41) is 0. The Labute approximate surface area is 78.5 Å². The lowest BCUT2D eigenvalue weighted by Crippen LogP contribution is -1.97. The first-order chi connectivity index (χ1) is 6.22. The second-order valence-corrected chi connectivity index (χ2v) is 2.76. The van der Waals surface area contributed by atoms with E-state index in [9.17, 15) is 0 Å². The molecule has 0 amide bonds. The molecule has 0 bridgehead atoms. The Morgan fingerprint density at radius 3 is 2.23 bits per heavy atom. The predicted octanol–water partition coefficient (Wildman–Crippen LogP) is 1.85. The van der Waals surface area contributed by atoms with Crippen LogP contribution >= 0.6 is 0 Å². The van der Waals surface area contributed by atoms with Crippen molar-refractivity contribution < 1.29 is 9.47 Å². The van der Waals surface area contributed by atoms with Gasteiger partial charge in [-0.3, -0.25) is 0 Å². The van der Waals surface area contributed by atoms with E-state index in [1.54, 1.807) is 20.3 Å². The monoisotopic (exact) mass is 181 g/mol. The van der Waals surface area contributed by atoms with Crippen LogP contribution in [0.2, 0.25) is 0 Å². The highest BCUT2D eigenvalue weighted by Crippen LogP contribution is 2.30. The molecule has 1 aromatic rings. The maximum absolute atomic E-state index is 5.73. The Bertz CT molecular complexity index is 297. The lowest BCUT2D eigenvalue weighted by Gasteiger charge is -2.11. The van der Waals surface area contributed by atoms with Crippen molar-refractivity contribution in [2.24, 2.45) is 0 Å². The van der Waals surface area contributed by atoms with Crippen LogP contribution in [0.25, 0.3) is 0 Å². The fraction of sp³-hybridized carbons (Fsp3) is 0.400. The van der Waals surface area contributed by atoms with Crippen molar-refractivity contribution in [2.75, 3.05) is 20.0 Å². The molecular formula is C10H15NO2. The normalized spacial score (nSPS) is 9.77. The molecule has 0 fully saturated rings. The minimum absolute atomic E-state index is 0.608. The van der Waals surface area contributed by atoms with E-state index in [0.29, 0.717) is 11.4 Å². The van der Waals surface area contributed by atoms with Crippen LogP contribution < -0.4 is 15.2 Å². The van der Waals surface area contributed by atoms with E-state index in [-0.39, 0.29) is 0 Å². The molecule has 0 saturated heterocycles. The third kappa shape index (κ3) is 1.86. The lowest BCUT2D eigenvalue weighted by atomic mass is 10.1. The van der Waals surface area contributed by atoms with Gasteiger partial charge in [-0.05, 0) is 18.1 Å². The first kappa shape index (κ1) is 9.71. The van der Waals surface area contributed by atoms with Crippen LogP contribution in [-0.2, 0) is 6.42 Å². The van der Waals surface area contributed by atoms with E-state index in [0.717, 1.165) is 17.7 Å². The van der Waals surface area contributed by atoms with Crippen LogP contribution in [0.4, 0.5) is 5.69 Å². The number of hydrogen-bond donors (Lipinski definition) is 1. The second-order valence-electron chi connectivity index (χ2n) is 2.76. The van der Waals surface area contributed by atoms with Gasteiger partial charge in [0, 0.05) is 6.07 Å². The number of rotatable bonds is 3. The fourth-order valence-electron chi connectivity index (χ4n) is 1.26. The van der Waals surface area contributed by atoms with Gasteiger partial charge in [0.1, 0.15) is 11.5 Å². The molecule has 0 aliphatic heterocycles. The minimum atomic E-state index is 0.608. The van der Waals surface area contributed by atoms with Gasteiger partial charge in [-0.25, -0.2) is 0 Å². The fourth-order valence-corrected chi connectivity index (χ4v) is 1.26. The molecule has 3 heteroatoms. The van der Waals surface area contributed by atoms with Gasteiger partial charge in [0.2, 0.25) is 0 Å². The highest BCUT2D eigenvalue weighted by Gasteiger charge is 2.06. The molecule has 0 spiro atoms. The predicted molar refractivity (Wildman–Crippen MR) is 53.3 cm³/mol. The van der Waals surface area contributed by atoms with Crippen LogP contribution in [0.1, 0.15) is 12.5 Å². The Morgan fingerprint density at radius 2 is 1.77 bits per heavy atom. The van der Waals surface area contributed by atoms with Crippen molar-refractivity contribution >= 4 is 5.69 Å². The van der Waals surface area contributed by atoms with Crippen molar-refractivity contribution in [1.82, 2.24) is 0 Å². The van der Waals surface area contributed by atoms with Crippen molar-refractivity contribution in [3.8, 4) is 11.5 Å². The third-order valence-corrected chi connectivity index (χ3v) is 2.01. The van der Waals surface area contributed by atoms with E-state index in [1.807, 2.05) is 6.07 Å². The minimum Gasteiger partial charge on any atom is -0.496 e. The van der Waals surface area contributed by atoms with Crippen LogP contribution in [-0.4, -0.2) is 14.2 Å². The van der Waals surface area contributed by atoms with E-state index in [1.165, 1.54) is 0 Å². The van der Waals surface area contributed by atoms with Gasteiger partial charge in [0.15, 0.2) is 0 Å². The van der Waals surface area contributed by atoms with Gasteiger partial charge in [-0.1, -0.05) is 6.92 Å². The molecule has 0 saturated carbocycles. The average molecular weight is 181 g/mol.